The van der Waals surface area contributed by atoms with Crippen molar-refractivity contribution in [2.24, 2.45) is 0 Å². The lowest BCUT2D eigenvalue weighted by atomic mass is 10.1. The number of H-pyrrole nitrogens is 1. The van der Waals surface area contributed by atoms with Crippen LogP contribution < -0.4 is 11.0 Å². The number of aromatic nitrogens is 2. The average molecular weight is 231 g/mol. The predicted octanol–water partition coefficient (Wildman–Crippen LogP) is 1.24. The molecule has 0 saturated heterocycles. The maximum absolute atomic E-state index is 11.7. The summed E-state index contributed by atoms with van der Waals surface area (Å²) in [5.74, 6) is 0. The van der Waals surface area contributed by atoms with Crippen molar-refractivity contribution >= 4 is 0 Å². The van der Waals surface area contributed by atoms with E-state index in [1.165, 1.54) is 5.56 Å². The molecule has 0 bridgehead atoms. The first-order valence-electron chi connectivity index (χ1n) is 5.73. The highest BCUT2D eigenvalue weighted by atomic mass is 16.1. The zero-order valence-electron chi connectivity index (χ0n) is 10.2. The highest BCUT2D eigenvalue weighted by molar-refractivity contribution is 5.37. The van der Waals surface area contributed by atoms with E-state index in [9.17, 15) is 4.79 Å². The molecule has 0 unspecified atom stereocenters. The molecular weight excluding hydrogens is 214 g/mol. The van der Waals surface area contributed by atoms with Crippen LogP contribution in [0.25, 0.3) is 5.69 Å². The highest BCUT2D eigenvalue weighted by Crippen LogP contribution is 2.11. The van der Waals surface area contributed by atoms with Crippen LogP contribution in [0.5, 0.6) is 0 Å². The maximum atomic E-state index is 11.7. The average Bonchev–Trinajstić information content (AvgIpc) is 2.67. The predicted molar refractivity (Wildman–Crippen MR) is 68.8 cm³/mol. The Bertz CT molecular complexity index is 554. The lowest BCUT2D eigenvalue weighted by molar-refractivity contribution is 0.790. The van der Waals surface area contributed by atoms with Crippen LogP contribution in [0.15, 0.2) is 35.3 Å². The minimum Gasteiger partial charge on any atom is -0.319 e. The Morgan fingerprint density at radius 3 is 2.88 bits per heavy atom. The molecule has 1 heterocycles. The van der Waals surface area contributed by atoms with Gasteiger partial charge in [0.1, 0.15) is 0 Å². The van der Waals surface area contributed by atoms with Crippen molar-refractivity contribution in [1.82, 2.24) is 14.9 Å². The zero-order chi connectivity index (χ0) is 12.3. The van der Waals surface area contributed by atoms with E-state index in [0.717, 1.165) is 24.3 Å². The molecule has 2 rings (SSSR count). The molecule has 17 heavy (non-hydrogen) atoms. The Balaban J connectivity index is 2.36. The Labute approximate surface area is 100 Å². The van der Waals surface area contributed by atoms with Gasteiger partial charge in [-0.1, -0.05) is 12.1 Å². The molecule has 90 valence electrons. The van der Waals surface area contributed by atoms with Gasteiger partial charge in [0.15, 0.2) is 0 Å². The molecule has 0 aliphatic heterocycles. The number of nitrogens with zero attached hydrogens (tertiary/aromatic N) is 1. The lowest BCUT2D eigenvalue weighted by Crippen LogP contribution is -2.16. The second-order valence-corrected chi connectivity index (χ2v) is 4.09. The topological polar surface area (TPSA) is 49.8 Å². The number of hydrogen-bond acceptors (Lipinski definition) is 2. The summed E-state index contributed by atoms with van der Waals surface area (Å²) in [6.07, 6.45) is 2.69. The van der Waals surface area contributed by atoms with E-state index in [2.05, 4.69) is 22.4 Å². The maximum Gasteiger partial charge on any atom is 0.330 e. The first-order valence-corrected chi connectivity index (χ1v) is 5.73. The number of imidazole rings is 1. The molecule has 0 spiro atoms. The van der Waals surface area contributed by atoms with E-state index in [-0.39, 0.29) is 5.69 Å². The minimum absolute atomic E-state index is 0.0896. The molecule has 0 aliphatic carbocycles. The summed E-state index contributed by atoms with van der Waals surface area (Å²) in [5, 5.41) is 3.12. The second-order valence-electron chi connectivity index (χ2n) is 4.09. The molecule has 1 aromatic heterocycles. The van der Waals surface area contributed by atoms with Gasteiger partial charge in [0.2, 0.25) is 0 Å². The van der Waals surface area contributed by atoms with Gasteiger partial charge in [0.25, 0.3) is 0 Å². The summed E-state index contributed by atoms with van der Waals surface area (Å²) < 4.78 is 1.68. The van der Waals surface area contributed by atoms with Gasteiger partial charge in [-0.2, -0.15) is 0 Å². The Morgan fingerprint density at radius 2 is 2.24 bits per heavy atom. The number of rotatable bonds is 4. The van der Waals surface area contributed by atoms with Gasteiger partial charge in [0, 0.05) is 11.9 Å². The Morgan fingerprint density at radius 1 is 1.41 bits per heavy atom. The normalized spacial score (nSPS) is 10.7. The first kappa shape index (κ1) is 11.7. The molecule has 0 atom stereocenters. The summed E-state index contributed by atoms with van der Waals surface area (Å²) in [4.78, 5) is 14.4. The van der Waals surface area contributed by atoms with Gasteiger partial charge in [-0.15, -0.1) is 0 Å². The molecule has 4 nitrogen and oxygen atoms in total. The number of aryl methyl sites for hydroxylation is 1. The third kappa shape index (κ3) is 2.47. The van der Waals surface area contributed by atoms with E-state index < -0.39 is 0 Å². The zero-order valence-corrected chi connectivity index (χ0v) is 10.2. The van der Waals surface area contributed by atoms with Gasteiger partial charge >= 0.3 is 5.69 Å². The van der Waals surface area contributed by atoms with E-state index in [0.29, 0.717) is 0 Å². The number of likely N-dealkylation sites (N-methyl/N-ethyl adjacent to an activating group) is 1. The largest absolute Gasteiger partial charge is 0.330 e. The SMILES string of the molecule is CNCCc1cccc(-n2c(C)c[nH]c2=O)c1. The fraction of sp³-hybridized carbons (Fsp3) is 0.308. The molecule has 0 fully saturated rings. The molecule has 0 radical (unpaired) electrons. The van der Waals surface area contributed by atoms with Crippen molar-refractivity contribution in [3.63, 3.8) is 0 Å². The van der Waals surface area contributed by atoms with Crippen molar-refractivity contribution in [3.05, 3.63) is 52.2 Å². The molecule has 2 N–H and O–H groups in total. The van der Waals surface area contributed by atoms with Crippen LogP contribution in [-0.2, 0) is 6.42 Å². The smallest absolute Gasteiger partial charge is 0.319 e. The lowest BCUT2D eigenvalue weighted by Gasteiger charge is -2.07. The third-order valence-electron chi connectivity index (χ3n) is 2.79. The van der Waals surface area contributed by atoms with E-state index in [1.807, 2.05) is 26.1 Å². The van der Waals surface area contributed by atoms with E-state index in [1.54, 1.807) is 10.8 Å². The van der Waals surface area contributed by atoms with Crippen LogP contribution in [0.3, 0.4) is 0 Å². The van der Waals surface area contributed by atoms with Gasteiger partial charge in [0.05, 0.1) is 5.69 Å². The van der Waals surface area contributed by atoms with Crippen LogP contribution in [-0.4, -0.2) is 23.1 Å². The second kappa shape index (κ2) is 5.01. The van der Waals surface area contributed by atoms with Crippen LogP contribution >= 0.6 is 0 Å². The highest BCUT2D eigenvalue weighted by Gasteiger charge is 2.04. The molecule has 2 aromatic rings. The van der Waals surface area contributed by atoms with Gasteiger partial charge in [-0.3, -0.25) is 4.57 Å². The molecule has 0 amide bonds. The number of nitrogens with one attached hydrogen (secondary N) is 2. The third-order valence-corrected chi connectivity index (χ3v) is 2.79. The van der Waals surface area contributed by atoms with Crippen molar-refractivity contribution in [2.45, 2.75) is 13.3 Å². The van der Waals surface area contributed by atoms with Crippen LogP contribution in [0, 0.1) is 6.92 Å². The summed E-state index contributed by atoms with van der Waals surface area (Å²) in [7, 11) is 1.94. The molecule has 0 saturated carbocycles. The van der Waals surface area contributed by atoms with Crippen molar-refractivity contribution in [3.8, 4) is 5.69 Å². The minimum atomic E-state index is -0.0896. The number of hydrogen-bond donors (Lipinski definition) is 2. The van der Waals surface area contributed by atoms with Crippen molar-refractivity contribution < 1.29 is 0 Å². The van der Waals surface area contributed by atoms with Crippen molar-refractivity contribution in [2.75, 3.05) is 13.6 Å². The molecular formula is C13H17N3O. The quantitative estimate of drug-likeness (QED) is 0.831. The Hall–Kier alpha value is -1.81. The van der Waals surface area contributed by atoms with Crippen molar-refractivity contribution in [1.29, 1.82) is 0 Å². The Kier molecular flexibility index (Phi) is 3.44. The molecule has 1 aromatic carbocycles. The summed E-state index contributed by atoms with van der Waals surface area (Å²) in [5.41, 5.74) is 2.97. The summed E-state index contributed by atoms with van der Waals surface area (Å²) in [6, 6.07) is 8.07. The van der Waals surface area contributed by atoms with Gasteiger partial charge < -0.3 is 10.3 Å². The van der Waals surface area contributed by atoms with Gasteiger partial charge in [-0.05, 0) is 44.6 Å². The van der Waals surface area contributed by atoms with Crippen LogP contribution in [0.4, 0.5) is 0 Å². The molecule has 4 heteroatoms. The monoisotopic (exact) mass is 231 g/mol. The summed E-state index contributed by atoms with van der Waals surface area (Å²) in [6.45, 7) is 2.85. The van der Waals surface area contributed by atoms with Crippen LogP contribution in [0.1, 0.15) is 11.3 Å². The number of aromatic amines is 1. The number of benzene rings is 1. The first-order chi connectivity index (χ1) is 8.22. The fourth-order valence-corrected chi connectivity index (χ4v) is 1.90. The summed E-state index contributed by atoms with van der Waals surface area (Å²) >= 11 is 0. The van der Waals surface area contributed by atoms with E-state index in [4.69, 9.17) is 0 Å². The molecule has 0 aliphatic rings. The van der Waals surface area contributed by atoms with E-state index >= 15 is 0 Å². The fourth-order valence-electron chi connectivity index (χ4n) is 1.90. The standard InChI is InChI=1S/C13H17N3O/c1-10-9-15-13(17)16(10)12-5-3-4-11(8-12)6-7-14-2/h3-5,8-9,14H,6-7H2,1-2H3,(H,15,17). The van der Waals surface area contributed by atoms with Gasteiger partial charge in [-0.25, -0.2) is 4.79 Å². The van der Waals surface area contributed by atoms with Crippen LogP contribution in [0.2, 0.25) is 0 Å².